The van der Waals surface area contributed by atoms with E-state index in [9.17, 15) is 8.77 Å². The average molecular weight is 421 g/mol. The van der Waals surface area contributed by atoms with Crippen LogP contribution in [0.5, 0.6) is 0 Å². The summed E-state index contributed by atoms with van der Waals surface area (Å²) in [7, 11) is -1.87. The molecule has 156 valence electrons. The van der Waals surface area contributed by atoms with Gasteiger partial charge in [-0.25, -0.2) is 8.93 Å². The molecule has 0 saturated carbocycles. The Morgan fingerprint density at radius 3 is 2.07 bits per heavy atom. The third kappa shape index (κ3) is 8.11. The minimum absolute atomic E-state index is 0.241. The van der Waals surface area contributed by atoms with Crippen molar-refractivity contribution in [3.05, 3.63) is 29.8 Å². The first-order chi connectivity index (χ1) is 12.9. The molecule has 0 fully saturated rings. The second-order valence-electron chi connectivity index (χ2n) is 5.92. The largest absolute Gasteiger partial charge is 0.356 e. The minimum atomic E-state index is -3.48. The van der Waals surface area contributed by atoms with E-state index in [4.69, 9.17) is 18.5 Å². The molecule has 1 rings (SSSR count). The number of methoxy groups -OCH3 is 2. The maximum atomic E-state index is 13.2. The molecule has 1 N–H and O–H groups in total. The van der Waals surface area contributed by atoms with Crippen molar-refractivity contribution in [3.63, 3.8) is 0 Å². The molecule has 0 bridgehead atoms. The summed E-state index contributed by atoms with van der Waals surface area (Å²) in [5.74, 6) is -0.700. The quantitative estimate of drug-likeness (QED) is 0.361. The highest BCUT2D eigenvalue weighted by Crippen LogP contribution is 2.53. The summed E-state index contributed by atoms with van der Waals surface area (Å²) >= 11 is 0. The van der Waals surface area contributed by atoms with Gasteiger partial charge in [-0.05, 0) is 52.2 Å². The molecule has 0 aliphatic heterocycles. The van der Waals surface area contributed by atoms with Gasteiger partial charge in [0.25, 0.3) is 0 Å². The molecule has 1 aromatic rings. The number of rotatable bonds is 14. The molecule has 1 aromatic carbocycles. The van der Waals surface area contributed by atoms with Crippen LogP contribution in [0.2, 0.25) is 0 Å². The van der Waals surface area contributed by atoms with Crippen molar-refractivity contribution < 1.29 is 27.3 Å². The van der Waals surface area contributed by atoms with Gasteiger partial charge in [0.1, 0.15) is 16.8 Å². The number of ether oxygens (including phenoxy) is 2. The summed E-state index contributed by atoms with van der Waals surface area (Å²) < 4.78 is 50.3. The van der Waals surface area contributed by atoms with Crippen LogP contribution >= 0.6 is 7.60 Å². The van der Waals surface area contributed by atoms with Gasteiger partial charge in [0.2, 0.25) is 0 Å². The van der Waals surface area contributed by atoms with Crippen molar-refractivity contribution in [2.24, 2.45) is 0 Å². The van der Waals surface area contributed by atoms with Crippen LogP contribution in [0, 0.1) is 6.92 Å². The molecule has 0 radical (unpaired) electrons. The third-order valence-corrected chi connectivity index (χ3v) is 7.68. The summed E-state index contributed by atoms with van der Waals surface area (Å²) in [6.07, 6.45) is 1.35. The van der Waals surface area contributed by atoms with Gasteiger partial charge in [-0.3, -0.25) is 4.57 Å². The van der Waals surface area contributed by atoms with Gasteiger partial charge >= 0.3 is 7.60 Å². The lowest BCUT2D eigenvalue weighted by molar-refractivity contribution is -0.107. The Bertz CT molecular complexity index is 598. The Labute approximate surface area is 165 Å². The van der Waals surface area contributed by atoms with Crippen LogP contribution in [-0.4, -0.2) is 43.7 Å². The molecule has 0 amide bonds. The minimum Gasteiger partial charge on any atom is -0.356 e. The van der Waals surface area contributed by atoms with E-state index < -0.39 is 24.4 Å². The van der Waals surface area contributed by atoms with Crippen molar-refractivity contribution in [3.8, 4) is 0 Å². The number of benzene rings is 1. The van der Waals surface area contributed by atoms with Crippen molar-refractivity contribution in [2.75, 3.05) is 27.4 Å². The van der Waals surface area contributed by atoms with Crippen LogP contribution in [-0.2, 0) is 34.1 Å². The Morgan fingerprint density at radius 1 is 1.04 bits per heavy atom. The van der Waals surface area contributed by atoms with Gasteiger partial charge < -0.3 is 18.5 Å². The maximum absolute atomic E-state index is 13.2. The molecule has 27 heavy (non-hydrogen) atoms. The summed E-state index contributed by atoms with van der Waals surface area (Å²) in [5, 5.41) is 0. The molecule has 0 aliphatic carbocycles. The number of hydrogen-bond donors (Lipinski definition) is 1. The van der Waals surface area contributed by atoms with Gasteiger partial charge in [-0.15, -0.1) is 0 Å². The molecule has 9 heteroatoms. The molecule has 0 unspecified atom stereocenters. The third-order valence-electron chi connectivity index (χ3n) is 3.92. The molecule has 7 nitrogen and oxygen atoms in total. The second kappa shape index (κ2) is 12.8. The fourth-order valence-corrected chi connectivity index (χ4v) is 5.86. The van der Waals surface area contributed by atoms with Crippen molar-refractivity contribution in [1.29, 1.82) is 0 Å². The van der Waals surface area contributed by atoms with Crippen LogP contribution in [0.15, 0.2) is 29.2 Å². The number of hydrogen-bond acceptors (Lipinski definition) is 6. The van der Waals surface area contributed by atoms with Crippen LogP contribution in [0.4, 0.5) is 0 Å². The first-order valence-electron chi connectivity index (χ1n) is 9.09. The Morgan fingerprint density at radius 2 is 1.59 bits per heavy atom. The topological polar surface area (TPSA) is 83.1 Å². The van der Waals surface area contributed by atoms with E-state index in [1.54, 1.807) is 40.2 Å². The lowest BCUT2D eigenvalue weighted by Crippen LogP contribution is -2.33. The lowest BCUT2D eigenvalue weighted by atomic mass is 10.2. The number of nitrogens with one attached hydrogen (secondary N) is 1. The first kappa shape index (κ1) is 24.4. The van der Waals surface area contributed by atoms with Crippen LogP contribution in [0.1, 0.15) is 38.7 Å². The smallest absolute Gasteiger partial charge is 0.348 e. The van der Waals surface area contributed by atoms with Gasteiger partial charge in [-0.1, -0.05) is 17.7 Å². The standard InChI is InChI=1S/C18H32NO6PS/c1-6-24-26(20,25-7-2)17(9-8-10-18(22-4)23-5)19-27(21)16-13-11-15(3)12-14-16/h11-14,17-19H,6-10H2,1-5H3/t17-,27+/m1/s1. The van der Waals surface area contributed by atoms with E-state index in [1.807, 2.05) is 19.1 Å². The van der Waals surface area contributed by atoms with Gasteiger partial charge in [0.15, 0.2) is 6.29 Å². The first-order valence-corrected chi connectivity index (χ1v) is 11.8. The zero-order chi connectivity index (χ0) is 20.3. The predicted molar refractivity (Wildman–Crippen MR) is 107 cm³/mol. The SMILES string of the molecule is CCOP(=O)(OCC)[C@H](CCCC(OC)OC)N[S@@](=O)c1ccc(C)cc1. The van der Waals surface area contributed by atoms with Gasteiger partial charge in [0.05, 0.1) is 18.1 Å². The van der Waals surface area contributed by atoms with E-state index in [2.05, 4.69) is 4.72 Å². The summed E-state index contributed by atoms with van der Waals surface area (Å²) in [6.45, 7) is 5.96. The Hall–Kier alpha value is -0.600. The van der Waals surface area contributed by atoms with E-state index in [-0.39, 0.29) is 19.5 Å². The molecule has 0 saturated heterocycles. The second-order valence-corrected chi connectivity index (χ2v) is 9.39. The van der Waals surface area contributed by atoms with E-state index >= 15 is 0 Å². The van der Waals surface area contributed by atoms with Crippen molar-refractivity contribution >= 4 is 18.6 Å². The Balaban J connectivity index is 2.92. The van der Waals surface area contributed by atoms with Gasteiger partial charge in [-0.2, -0.15) is 0 Å². The van der Waals surface area contributed by atoms with E-state index in [0.717, 1.165) is 5.56 Å². The molecule has 2 atom stereocenters. The van der Waals surface area contributed by atoms with Crippen LogP contribution in [0.25, 0.3) is 0 Å². The van der Waals surface area contributed by atoms with Crippen LogP contribution < -0.4 is 4.72 Å². The highest BCUT2D eigenvalue weighted by molar-refractivity contribution is 7.83. The molecular weight excluding hydrogens is 389 g/mol. The summed E-state index contributed by atoms with van der Waals surface area (Å²) in [4.78, 5) is 0.608. The van der Waals surface area contributed by atoms with E-state index in [0.29, 0.717) is 24.2 Å². The van der Waals surface area contributed by atoms with Crippen LogP contribution in [0.3, 0.4) is 0 Å². The van der Waals surface area contributed by atoms with Crippen molar-refractivity contribution in [2.45, 2.75) is 57.0 Å². The zero-order valence-corrected chi connectivity index (χ0v) is 18.5. The predicted octanol–water partition coefficient (Wildman–Crippen LogP) is 3.99. The zero-order valence-electron chi connectivity index (χ0n) is 16.8. The van der Waals surface area contributed by atoms with Gasteiger partial charge in [0, 0.05) is 14.2 Å². The summed E-state index contributed by atoms with van der Waals surface area (Å²) in [5.41, 5.74) is 1.08. The molecule has 0 aliphatic rings. The fourth-order valence-electron chi connectivity index (χ4n) is 2.52. The number of aryl methyl sites for hydroxylation is 1. The van der Waals surface area contributed by atoms with E-state index in [1.165, 1.54) is 0 Å². The summed E-state index contributed by atoms with van der Waals surface area (Å²) in [6, 6.07) is 7.34. The fraction of sp³-hybridized carbons (Fsp3) is 0.667. The maximum Gasteiger partial charge on any atom is 0.348 e. The molecule has 0 spiro atoms. The highest BCUT2D eigenvalue weighted by Gasteiger charge is 2.36. The average Bonchev–Trinajstić information content (AvgIpc) is 2.65. The molecule has 0 aromatic heterocycles. The monoisotopic (exact) mass is 421 g/mol. The highest BCUT2D eigenvalue weighted by atomic mass is 32.2. The molecular formula is C18H32NO6PS. The van der Waals surface area contributed by atoms with Crippen molar-refractivity contribution in [1.82, 2.24) is 4.72 Å². The lowest BCUT2D eigenvalue weighted by Gasteiger charge is -2.27. The molecule has 0 heterocycles. The Kier molecular flexibility index (Phi) is 11.6. The normalized spacial score (nSPS) is 14.4.